The lowest BCUT2D eigenvalue weighted by molar-refractivity contribution is -0.117. The predicted octanol–water partition coefficient (Wildman–Crippen LogP) is 2.24. The van der Waals surface area contributed by atoms with E-state index in [-0.39, 0.29) is 18.0 Å². The molecule has 0 aliphatic carbocycles. The van der Waals surface area contributed by atoms with Crippen molar-refractivity contribution in [2.75, 3.05) is 31.6 Å². The third-order valence-electron chi connectivity index (χ3n) is 4.78. The molecule has 1 aromatic carbocycles. The van der Waals surface area contributed by atoms with Gasteiger partial charge in [0.25, 0.3) is 0 Å². The molecule has 0 radical (unpaired) electrons. The second-order valence-corrected chi connectivity index (χ2v) is 6.75. The van der Waals surface area contributed by atoms with Gasteiger partial charge in [-0.1, -0.05) is 6.92 Å². The number of rotatable bonds is 3. The molecule has 0 unspecified atom stereocenters. The minimum absolute atomic E-state index is 0.0393. The van der Waals surface area contributed by atoms with Crippen LogP contribution in [0.1, 0.15) is 26.2 Å². The van der Waals surface area contributed by atoms with E-state index in [2.05, 4.69) is 12.2 Å². The van der Waals surface area contributed by atoms with Crippen molar-refractivity contribution < 1.29 is 14.3 Å². The number of carbonyl (C=O) groups is 2. The fraction of sp³-hybridized carbons (Fsp3) is 0.556. The molecule has 0 spiro atoms. The quantitative estimate of drug-likeness (QED) is 0.924. The summed E-state index contributed by atoms with van der Waals surface area (Å²) in [5.74, 6) is 1.34. The summed E-state index contributed by atoms with van der Waals surface area (Å²) in [4.78, 5) is 28.3. The Hall–Kier alpha value is -2.24. The van der Waals surface area contributed by atoms with Crippen LogP contribution >= 0.6 is 0 Å². The van der Waals surface area contributed by atoms with Crippen LogP contribution in [0.5, 0.6) is 5.75 Å². The Bertz CT molecular complexity index is 602. The number of hydrogen-bond donors (Lipinski definition) is 1. The second-order valence-electron chi connectivity index (χ2n) is 6.75. The Balaban J connectivity index is 1.58. The maximum absolute atomic E-state index is 12.4. The number of nitrogens with one attached hydrogen (secondary N) is 1. The lowest BCUT2D eigenvalue weighted by Crippen LogP contribution is -2.49. The number of hydrogen-bond acceptors (Lipinski definition) is 3. The van der Waals surface area contributed by atoms with Crippen molar-refractivity contribution in [3.8, 4) is 5.75 Å². The van der Waals surface area contributed by atoms with Crippen molar-refractivity contribution >= 4 is 17.6 Å². The molecule has 3 amide bonds. The Morgan fingerprint density at radius 3 is 2.67 bits per heavy atom. The maximum Gasteiger partial charge on any atom is 0.317 e. The number of likely N-dealkylation sites (tertiary alicyclic amines) is 1. The molecule has 6 heteroatoms. The van der Waals surface area contributed by atoms with Crippen molar-refractivity contribution in [3.05, 3.63) is 24.3 Å². The van der Waals surface area contributed by atoms with Gasteiger partial charge in [0.05, 0.1) is 13.2 Å². The summed E-state index contributed by atoms with van der Waals surface area (Å²) < 4.78 is 5.14. The topological polar surface area (TPSA) is 61.9 Å². The molecule has 2 aliphatic rings. The van der Waals surface area contributed by atoms with Crippen LogP contribution in [0.25, 0.3) is 0 Å². The maximum atomic E-state index is 12.4. The molecule has 130 valence electrons. The van der Waals surface area contributed by atoms with Gasteiger partial charge in [0.1, 0.15) is 5.75 Å². The van der Waals surface area contributed by atoms with E-state index in [4.69, 9.17) is 4.74 Å². The van der Waals surface area contributed by atoms with Crippen LogP contribution < -0.4 is 15.0 Å². The van der Waals surface area contributed by atoms with Crippen LogP contribution in [-0.4, -0.2) is 49.6 Å². The molecular formula is C18H25N3O3. The molecule has 2 atom stereocenters. The zero-order valence-electron chi connectivity index (χ0n) is 14.3. The van der Waals surface area contributed by atoms with Crippen molar-refractivity contribution in [2.24, 2.45) is 5.92 Å². The summed E-state index contributed by atoms with van der Waals surface area (Å²) in [6.07, 6.45) is 2.58. The molecule has 2 heterocycles. The molecule has 2 saturated heterocycles. The number of benzene rings is 1. The first-order valence-electron chi connectivity index (χ1n) is 8.56. The summed E-state index contributed by atoms with van der Waals surface area (Å²) in [5.41, 5.74) is 0.837. The Labute approximate surface area is 142 Å². The zero-order valence-corrected chi connectivity index (χ0v) is 14.3. The van der Waals surface area contributed by atoms with E-state index in [9.17, 15) is 9.59 Å². The highest BCUT2D eigenvalue weighted by Crippen LogP contribution is 2.24. The molecule has 0 saturated carbocycles. The van der Waals surface area contributed by atoms with Crippen LogP contribution in [-0.2, 0) is 4.79 Å². The van der Waals surface area contributed by atoms with Crippen molar-refractivity contribution in [1.29, 1.82) is 0 Å². The molecule has 3 rings (SSSR count). The third kappa shape index (κ3) is 3.63. The highest BCUT2D eigenvalue weighted by atomic mass is 16.5. The first-order valence-corrected chi connectivity index (χ1v) is 8.56. The summed E-state index contributed by atoms with van der Waals surface area (Å²) in [6, 6.07) is 7.23. The fourth-order valence-corrected chi connectivity index (χ4v) is 3.46. The molecule has 1 aromatic rings. The van der Waals surface area contributed by atoms with Crippen LogP contribution in [0.2, 0.25) is 0 Å². The number of amides is 3. The van der Waals surface area contributed by atoms with E-state index in [1.165, 1.54) is 6.42 Å². The van der Waals surface area contributed by atoms with E-state index >= 15 is 0 Å². The average molecular weight is 331 g/mol. The number of urea groups is 1. The number of carbonyl (C=O) groups excluding carboxylic acids is 2. The van der Waals surface area contributed by atoms with Gasteiger partial charge < -0.3 is 19.9 Å². The Kier molecular flexibility index (Phi) is 4.92. The fourth-order valence-electron chi connectivity index (χ4n) is 3.46. The van der Waals surface area contributed by atoms with E-state index in [0.29, 0.717) is 18.9 Å². The Morgan fingerprint density at radius 2 is 2.00 bits per heavy atom. The van der Waals surface area contributed by atoms with Gasteiger partial charge in [-0.2, -0.15) is 0 Å². The molecule has 24 heavy (non-hydrogen) atoms. The van der Waals surface area contributed by atoms with Gasteiger partial charge in [0, 0.05) is 31.7 Å². The molecule has 2 fully saturated rings. The van der Waals surface area contributed by atoms with Gasteiger partial charge >= 0.3 is 6.03 Å². The lowest BCUT2D eigenvalue weighted by atomic mass is 10.0. The molecule has 1 N–H and O–H groups in total. The van der Waals surface area contributed by atoms with Gasteiger partial charge in [0.2, 0.25) is 5.91 Å². The highest BCUT2D eigenvalue weighted by Gasteiger charge is 2.33. The number of ether oxygens (including phenoxy) is 1. The van der Waals surface area contributed by atoms with Crippen LogP contribution in [0.3, 0.4) is 0 Å². The van der Waals surface area contributed by atoms with Crippen LogP contribution in [0.4, 0.5) is 10.5 Å². The molecular weight excluding hydrogens is 306 g/mol. The standard InChI is InChI=1S/C18H25N3O3/c1-13-4-3-9-20(11-13)18(23)19-14-10-17(22)21(12-14)15-5-7-16(24-2)8-6-15/h5-8,13-14H,3-4,9-12H2,1-2H3,(H,19,23)/t13-,14+/m0/s1. The highest BCUT2D eigenvalue weighted by molar-refractivity contribution is 5.96. The second kappa shape index (κ2) is 7.11. The third-order valence-corrected chi connectivity index (χ3v) is 4.78. The number of anilines is 1. The van der Waals surface area contributed by atoms with E-state index in [0.717, 1.165) is 30.9 Å². The van der Waals surface area contributed by atoms with E-state index in [1.807, 2.05) is 29.2 Å². The molecule has 0 bridgehead atoms. The summed E-state index contributed by atoms with van der Waals surface area (Å²) >= 11 is 0. The van der Waals surface area contributed by atoms with E-state index < -0.39 is 0 Å². The van der Waals surface area contributed by atoms with Gasteiger partial charge in [-0.3, -0.25) is 4.79 Å². The molecule has 2 aliphatic heterocycles. The predicted molar refractivity (Wildman–Crippen MR) is 92.3 cm³/mol. The monoisotopic (exact) mass is 331 g/mol. The lowest BCUT2D eigenvalue weighted by Gasteiger charge is -2.31. The molecule has 0 aromatic heterocycles. The minimum Gasteiger partial charge on any atom is -0.497 e. The first-order chi connectivity index (χ1) is 11.6. The largest absolute Gasteiger partial charge is 0.497 e. The normalized spacial score (nSPS) is 24.2. The van der Waals surface area contributed by atoms with Gasteiger partial charge in [-0.25, -0.2) is 4.79 Å². The summed E-state index contributed by atoms with van der Waals surface area (Å²) in [5, 5.41) is 3.02. The van der Waals surface area contributed by atoms with Crippen LogP contribution in [0, 0.1) is 5.92 Å². The van der Waals surface area contributed by atoms with Crippen molar-refractivity contribution in [3.63, 3.8) is 0 Å². The van der Waals surface area contributed by atoms with Gasteiger partial charge in [-0.15, -0.1) is 0 Å². The number of nitrogens with zero attached hydrogens (tertiary/aromatic N) is 2. The van der Waals surface area contributed by atoms with Gasteiger partial charge in [0.15, 0.2) is 0 Å². The number of piperidine rings is 1. The van der Waals surface area contributed by atoms with E-state index in [1.54, 1.807) is 12.0 Å². The SMILES string of the molecule is COc1ccc(N2C[C@H](NC(=O)N3CCC[C@H](C)C3)CC2=O)cc1. The van der Waals surface area contributed by atoms with Crippen LogP contribution in [0.15, 0.2) is 24.3 Å². The first kappa shape index (κ1) is 16.6. The summed E-state index contributed by atoms with van der Waals surface area (Å²) in [6.45, 7) is 4.29. The zero-order chi connectivity index (χ0) is 17.1. The molecule has 6 nitrogen and oxygen atoms in total. The minimum atomic E-state index is -0.135. The number of methoxy groups -OCH3 is 1. The van der Waals surface area contributed by atoms with Gasteiger partial charge in [-0.05, 0) is 43.0 Å². The summed E-state index contributed by atoms with van der Waals surface area (Å²) in [7, 11) is 1.61. The van der Waals surface area contributed by atoms with Crippen molar-refractivity contribution in [1.82, 2.24) is 10.2 Å². The average Bonchev–Trinajstić information content (AvgIpc) is 2.95. The smallest absolute Gasteiger partial charge is 0.317 e. The van der Waals surface area contributed by atoms with Crippen molar-refractivity contribution in [2.45, 2.75) is 32.2 Å². The Morgan fingerprint density at radius 1 is 1.25 bits per heavy atom.